The van der Waals surface area contributed by atoms with Crippen molar-refractivity contribution in [1.29, 1.82) is 0 Å². The number of aromatic nitrogens is 2. The molecule has 2 rings (SSSR count). The van der Waals surface area contributed by atoms with Gasteiger partial charge in [-0.2, -0.15) is 0 Å². The Balaban J connectivity index is 1.72. The van der Waals surface area contributed by atoms with Crippen LogP contribution in [-0.2, 0) is 17.8 Å². The lowest BCUT2D eigenvalue weighted by Gasteiger charge is -2.08. The first-order chi connectivity index (χ1) is 10.2. The molecule has 0 atom stereocenters. The number of nitrogens with one attached hydrogen (secondary N) is 1. The topological polar surface area (TPSA) is 47.0 Å². The monoisotopic (exact) mass is 305 g/mol. The second-order valence-corrected chi connectivity index (χ2v) is 5.19. The fourth-order valence-electron chi connectivity index (χ4n) is 1.92. The Morgan fingerprint density at radius 3 is 2.67 bits per heavy atom. The highest BCUT2D eigenvalue weighted by Gasteiger charge is 2.00. The van der Waals surface area contributed by atoms with Crippen LogP contribution in [0.1, 0.15) is 24.0 Å². The number of ether oxygens (including phenoxy) is 1. The van der Waals surface area contributed by atoms with Crippen LogP contribution in [0.15, 0.2) is 30.3 Å². The Morgan fingerprint density at radius 1 is 1.19 bits per heavy atom. The van der Waals surface area contributed by atoms with E-state index in [-0.39, 0.29) is 0 Å². The van der Waals surface area contributed by atoms with Gasteiger partial charge in [0.05, 0.1) is 13.2 Å². The lowest BCUT2D eigenvalue weighted by Crippen LogP contribution is -2.11. The summed E-state index contributed by atoms with van der Waals surface area (Å²) in [5.74, 6) is 1.65. The summed E-state index contributed by atoms with van der Waals surface area (Å²) in [5.41, 5.74) is 2.16. The van der Waals surface area contributed by atoms with Gasteiger partial charge in [-0.15, -0.1) is 0 Å². The highest BCUT2D eigenvalue weighted by molar-refractivity contribution is 6.30. The lowest BCUT2D eigenvalue weighted by atomic mass is 10.2. The number of hydrogen-bond acceptors (Lipinski definition) is 4. The summed E-state index contributed by atoms with van der Waals surface area (Å²) in [5, 5.41) is 4.00. The minimum Gasteiger partial charge on any atom is -0.375 e. The van der Waals surface area contributed by atoms with E-state index in [1.54, 1.807) is 0 Å². The molecule has 0 fully saturated rings. The molecule has 1 N–H and O–H groups in total. The molecule has 0 amide bonds. The highest BCUT2D eigenvalue weighted by Crippen LogP contribution is 2.10. The predicted octanol–water partition coefficient (Wildman–Crippen LogP) is 3.63. The Bertz CT molecular complexity index is 572. The standard InChI is InChI=1S/C16H20ClN3O/c1-3-15-10-16(20-12(2)19-15)18-8-9-21-11-13-4-6-14(17)7-5-13/h4-7,10H,3,8-9,11H2,1-2H3,(H,18,19,20). The van der Waals surface area contributed by atoms with E-state index < -0.39 is 0 Å². The summed E-state index contributed by atoms with van der Waals surface area (Å²) in [6.07, 6.45) is 0.908. The maximum absolute atomic E-state index is 5.84. The van der Waals surface area contributed by atoms with Crippen LogP contribution in [0.4, 0.5) is 5.82 Å². The van der Waals surface area contributed by atoms with Crippen molar-refractivity contribution < 1.29 is 4.74 Å². The summed E-state index contributed by atoms with van der Waals surface area (Å²) in [7, 11) is 0. The zero-order chi connectivity index (χ0) is 15.1. The third kappa shape index (κ3) is 5.33. The molecule has 112 valence electrons. The van der Waals surface area contributed by atoms with Gasteiger partial charge >= 0.3 is 0 Å². The molecule has 5 heteroatoms. The van der Waals surface area contributed by atoms with Gasteiger partial charge in [0.25, 0.3) is 0 Å². The molecule has 0 radical (unpaired) electrons. The predicted molar refractivity (Wildman–Crippen MR) is 85.7 cm³/mol. The van der Waals surface area contributed by atoms with Gasteiger partial charge in [0.2, 0.25) is 0 Å². The Morgan fingerprint density at radius 2 is 1.95 bits per heavy atom. The molecule has 0 spiro atoms. The first-order valence-electron chi connectivity index (χ1n) is 7.08. The minimum atomic E-state index is 0.585. The van der Waals surface area contributed by atoms with Crippen molar-refractivity contribution in [2.75, 3.05) is 18.5 Å². The largest absolute Gasteiger partial charge is 0.375 e. The first-order valence-corrected chi connectivity index (χ1v) is 7.46. The van der Waals surface area contributed by atoms with Gasteiger partial charge in [0.1, 0.15) is 11.6 Å². The summed E-state index contributed by atoms with van der Waals surface area (Å²) in [4.78, 5) is 8.71. The van der Waals surface area contributed by atoms with Crippen LogP contribution in [0.5, 0.6) is 0 Å². The van der Waals surface area contributed by atoms with Gasteiger partial charge in [-0.1, -0.05) is 30.7 Å². The third-order valence-corrected chi connectivity index (χ3v) is 3.24. The van der Waals surface area contributed by atoms with Crippen molar-refractivity contribution in [3.8, 4) is 0 Å². The molecular formula is C16H20ClN3O. The van der Waals surface area contributed by atoms with Crippen molar-refractivity contribution in [3.63, 3.8) is 0 Å². The third-order valence-electron chi connectivity index (χ3n) is 2.99. The van der Waals surface area contributed by atoms with E-state index in [4.69, 9.17) is 16.3 Å². The Hall–Kier alpha value is -1.65. The van der Waals surface area contributed by atoms with E-state index in [0.717, 1.165) is 34.3 Å². The van der Waals surface area contributed by atoms with E-state index in [0.29, 0.717) is 19.8 Å². The lowest BCUT2D eigenvalue weighted by molar-refractivity contribution is 0.130. The number of anilines is 1. The van der Waals surface area contributed by atoms with Gasteiger partial charge in [0, 0.05) is 23.3 Å². The second kappa shape index (κ2) is 7.96. The van der Waals surface area contributed by atoms with Gasteiger partial charge in [0.15, 0.2) is 0 Å². The summed E-state index contributed by atoms with van der Waals surface area (Å²) in [6.45, 7) is 5.91. The van der Waals surface area contributed by atoms with Gasteiger partial charge in [-0.05, 0) is 31.0 Å². The zero-order valence-electron chi connectivity index (χ0n) is 12.4. The average molecular weight is 306 g/mol. The van der Waals surface area contributed by atoms with Crippen LogP contribution in [0.2, 0.25) is 5.02 Å². The van der Waals surface area contributed by atoms with E-state index in [2.05, 4.69) is 22.2 Å². The van der Waals surface area contributed by atoms with E-state index in [1.807, 2.05) is 37.3 Å². The normalized spacial score (nSPS) is 10.6. The molecule has 21 heavy (non-hydrogen) atoms. The van der Waals surface area contributed by atoms with Crippen molar-refractivity contribution in [2.24, 2.45) is 0 Å². The molecule has 1 aromatic heterocycles. The minimum absolute atomic E-state index is 0.585. The number of halogens is 1. The number of benzene rings is 1. The van der Waals surface area contributed by atoms with Crippen molar-refractivity contribution in [2.45, 2.75) is 26.9 Å². The van der Waals surface area contributed by atoms with Crippen molar-refractivity contribution in [1.82, 2.24) is 9.97 Å². The highest BCUT2D eigenvalue weighted by atomic mass is 35.5. The smallest absolute Gasteiger partial charge is 0.130 e. The number of rotatable bonds is 7. The zero-order valence-corrected chi connectivity index (χ0v) is 13.2. The summed E-state index contributed by atoms with van der Waals surface area (Å²) in [6, 6.07) is 9.66. The van der Waals surface area contributed by atoms with Crippen LogP contribution in [0, 0.1) is 6.92 Å². The average Bonchev–Trinajstić information content (AvgIpc) is 2.48. The molecule has 0 aliphatic heterocycles. The van der Waals surface area contributed by atoms with E-state index in [1.165, 1.54) is 0 Å². The molecule has 0 saturated heterocycles. The van der Waals surface area contributed by atoms with Crippen molar-refractivity contribution >= 4 is 17.4 Å². The van der Waals surface area contributed by atoms with Gasteiger partial charge in [-0.3, -0.25) is 0 Å². The Labute approximate surface area is 130 Å². The van der Waals surface area contributed by atoms with Crippen molar-refractivity contribution in [3.05, 3.63) is 52.4 Å². The fourth-order valence-corrected chi connectivity index (χ4v) is 2.05. The molecule has 1 heterocycles. The quantitative estimate of drug-likeness (QED) is 0.794. The maximum Gasteiger partial charge on any atom is 0.130 e. The molecule has 4 nitrogen and oxygen atoms in total. The number of nitrogens with zero attached hydrogens (tertiary/aromatic N) is 2. The summed E-state index contributed by atoms with van der Waals surface area (Å²) >= 11 is 5.84. The molecule has 0 saturated carbocycles. The number of aryl methyl sites for hydroxylation is 2. The fraction of sp³-hybridized carbons (Fsp3) is 0.375. The van der Waals surface area contributed by atoms with Crippen LogP contribution < -0.4 is 5.32 Å². The van der Waals surface area contributed by atoms with Gasteiger partial charge in [-0.25, -0.2) is 9.97 Å². The maximum atomic E-state index is 5.84. The molecule has 0 aliphatic carbocycles. The van der Waals surface area contributed by atoms with E-state index >= 15 is 0 Å². The molecule has 2 aromatic rings. The summed E-state index contributed by atoms with van der Waals surface area (Å²) < 4.78 is 5.62. The van der Waals surface area contributed by atoms with Gasteiger partial charge < -0.3 is 10.1 Å². The number of hydrogen-bond donors (Lipinski definition) is 1. The molecule has 1 aromatic carbocycles. The Kier molecular flexibility index (Phi) is 5.96. The first kappa shape index (κ1) is 15.7. The SMILES string of the molecule is CCc1cc(NCCOCc2ccc(Cl)cc2)nc(C)n1. The molecule has 0 unspecified atom stereocenters. The molecule has 0 bridgehead atoms. The van der Waals surface area contributed by atoms with Crippen LogP contribution in [0.3, 0.4) is 0 Å². The van der Waals surface area contributed by atoms with Crippen LogP contribution in [0.25, 0.3) is 0 Å². The van der Waals surface area contributed by atoms with Crippen LogP contribution in [-0.4, -0.2) is 23.1 Å². The van der Waals surface area contributed by atoms with Crippen LogP contribution >= 0.6 is 11.6 Å². The molecular weight excluding hydrogens is 286 g/mol. The second-order valence-electron chi connectivity index (χ2n) is 4.75. The van der Waals surface area contributed by atoms with E-state index in [9.17, 15) is 0 Å². The molecule has 0 aliphatic rings.